The van der Waals surface area contributed by atoms with Crippen LogP contribution in [0.4, 0.5) is 0 Å². The van der Waals surface area contributed by atoms with Crippen molar-refractivity contribution in [1.29, 1.82) is 0 Å². The molecule has 3 heteroatoms. The zero-order chi connectivity index (χ0) is 11.4. The van der Waals surface area contributed by atoms with E-state index in [1.165, 1.54) is 0 Å². The molecule has 80 valence electrons. The van der Waals surface area contributed by atoms with Crippen molar-refractivity contribution in [2.24, 2.45) is 0 Å². The lowest BCUT2D eigenvalue weighted by Gasteiger charge is -2.15. The number of ether oxygens (including phenoxy) is 1. The van der Waals surface area contributed by atoms with E-state index < -0.39 is 0 Å². The number of hydrogen-bond donors (Lipinski definition) is 0. The maximum Gasteiger partial charge on any atom is 0.137 e. The van der Waals surface area contributed by atoms with Crippen molar-refractivity contribution in [1.82, 2.24) is 9.88 Å². The topological polar surface area (TPSA) is 25.4 Å². The van der Waals surface area contributed by atoms with Gasteiger partial charge in [-0.1, -0.05) is 19.2 Å². The fourth-order valence-corrected chi connectivity index (χ4v) is 1.08. The van der Waals surface area contributed by atoms with Crippen molar-refractivity contribution >= 4 is 11.5 Å². The zero-order valence-corrected chi connectivity index (χ0v) is 9.45. The van der Waals surface area contributed by atoms with Gasteiger partial charge >= 0.3 is 0 Å². The highest BCUT2D eigenvalue weighted by atomic mass is 16.5. The highest BCUT2D eigenvalue weighted by Crippen LogP contribution is 2.15. The molecule has 0 amide bonds. The summed E-state index contributed by atoms with van der Waals surface area (Å²) in [7, 11) is 5.45. The van der Waals surface area contributed by atoms with E-state index in [0.29, 0.717) is 5.76 Å². The summed E-state index contributed by atoms with van der Waals surface area (Å²) in [6.45, 7) is 7.70. The molecule has 0 bridgehead atoms. The van der Waals surface area contributed by atoms with Gasteiger partial charge in [-0.3, -0.25) is 0 Å². The SMILES string of the molecule is C=C(OC)c1cccc(C(=C)N(C)C)n1. The van der Waals surface area contributed by atoms with Gasteiger partial charge in [0.1, 0.15) is 11.5 Å². The van der Waals surface area contributed by atoms with Crippen LogP contribution < -0.4 is 0 Å². The van der Waals surface area contributed by atoms with E-state index in [2.05, 4.69) is 18.1 Å². The highest BCUT2D eigenvalue weighted by Gasteiger charge is 2.05. The molecule has 1 aromatic rings. The number of methoxy groups -OCH3 is 1. The predicted octanol–water partition coefficient (Wildman–Crippen LogP) is 2.23. The Kier molecular flexibility index (Phi) is 3.50. The van der Waals surface area contributed by atoms with E-state index in [9.17, 15) is 0 Å². The average Bonchev–Trinajstić information content (AvgIpc) is 2.27. The van der Waals surface area contributed by atoms with Crippen molar-refractivity contribution < 1.29 is 4.74 Å². The van der Waals surface area contributed by atoms with Crippen molar-refractivity contribution in [2.75, 3.05) is 21.2 Å². The molecule has 0 saturated heterocycles. The van der Waals surface area contributed by atoms with E-state index in [-0.39, 0.29) is 0 Å². The first-order valence-electron chi connectivity index (χ1n) is 4.63. The minimum atomic E-state index is 0.559. The Morgan fingerprint density at radius 2 is 1.87 bits per heavy atom. The first-order valence-corrected chi connectivity index (χ1v) is 4.63. The molecule has 1 aromatic heterocycles. The molecule has 0 aromatic carbocycles. The normalized spacial score (nSPS) is 9.53. The summed E-state index contributed by atoms with van der Waals surface area (Å²) >= 11 is 0. The predicted molar refractivity (Wildman–Crippen MR) is 63.0 cm³/mol. The van der Waals surface area contributed by atoms with E-state index in [1.54, 1.807) is 7.11 Å². The van der Waals surface area contributed by atoms with Gasteiger partial charge in [0.2, 0.25) is 0 Å². The Morgan fingerprint density at radius 1 is 1.27 bits per heavy atom. The summed E-state index contributed by atoms with van der Waals surface area (Å²) in [5.74, 6) is 0.559. The lowest BCUT2D eigenvalue weighted by Crippen LogP contribution is -2.10. The second-order valence-corrected chi connectivity index (χ2v) is 3.38. The molecule has 15 heavy (non-hydrogen) atoms. The van der Waals surface area contributed by atoms with Crippen LogP contribution in [0.2, 0.25) is 0 Å². The third-order valence-corrected chi connectivity index (χ3v) is 2.12. The molecule has 0 N–H and O–H groups in total. The Labute approximate surface area is 90.7 Å². The number of aromatic nitrogens is 1. The van der Waals surface area contributed by atoms with Crippen LogP contribution in [0.1, 0.15) is 11.4 Å². The molecular weight excluding hydrogens is 188 g/mol. The first-order chi connectivity index (χ1) is 7.06. The van der Waals surface area contributed by atoms with Crippen molar-refractivity contribution in [3.8, 4) is 0 Å². The van der Waals surface area contributed by atoms with Crippen LogP contribution in [0.25, 0.3) is 11.5 Å². The second kappa shape index (κ2) is 4.64. The Hall–Kier alpha value is -1.77. The van der Waals surface area contributed by atoms with E-state index in [4.69, 9.17) is 4.74 Å². The van der Waals surface area contributed by atoms with Crippen LogP contribution in [0.3, 0.4) is 0 Å². The Balaban J connectivity index is 3.02. The van der Waals surface area contributed by atoms with Gasteiger partial charge in [0.25, 0.3) is 0 Å². The number of nitrogens with zero attached hydrogens (tertiary/aromatic N) is 2. The van der Waals surface area contributed by atoms with E-state index in [1.807, 2.05) is 37.2 Å². The van der Waals surface area contributed by atoms with E-state index in [0.717, 1.165) is 17.1 Å². The van der Waals surface area contributed by atoms with Crippen molar-refractivity contribution in [2.45, 2.75) is 0 Å². The Bertz CT molecular complexity index is 383. The van der Waals surface area contributed by atoms with Crippen LogP contribution >= 0.6 is 0 Å². The van der Waals surface area contributed by atoms with Gasteiger partial charge in [0.15, 0.2) is 0 Å². The molecule has 0 aliphatic carbocycles. The number of rotatable bonds is 4. The van der Waals surface area contributed by atoms with Crippen LogP contribution in [-0.2, 0) is 4.74 Å². The smallest absolute Gasteiger partial charge is 0.137 e. The summed E-state index contributed by atoms with van der Waals surface area (Å²) in [6.07, 6.45) is 0. The molecule has 3 nitrogen and oxygen atoms in total. The first kappa shape index (κ1) is 11.3. The van der Waals surface area contributed by atoms with Gasteiger partial charge in [-0.05, 0) is 12.1 Å². The molecule has 0 aliphatic rings. The van der Waals surface area contributed by atoms with E-state index >= 15 is 0 Å². The largest absolute Gasteiger partial charge is 0.495 e. The van der Waals surface area contributed by atoms with Gasteiger partial charge in [-0.25, -0.2) is 4.98 Å². The molecule has 0 fully saturated rings. The van der Waals surface area contributed by atoms with Crippen molar-refractivity contribution in [3.63, 3.8) is 0 Å². The van der Waals surface area contributed by atoms with Crippen LogP contribution in [0.5, 0.6) is 0 Å². The van der Waals surface area contributed by atoms with Gasteiger partial charge in [-0.15, -0.1) is 0 Å². The second-order valence-electron chi connectivity index (χ2n) is 3.38. The van der Waals surface area contributed by atoms with Gasteiger partial charge < -0.3 is 9.64 Å². The Morgan fingerprint density at radius 3 is 2.40 bits per heavy atom. The molecule has 1 rings (SSSR count). The van der Waals surface area contributed by atoms with Gasteiger partial charge in [0, 0.05) is 14.1 Å². The van der Waals surface area contributed by atoms with Crippen molar-refractivity contribution in [3.05, 3.63) is 42.7 Å². The molecule has 0 spiro atoms. The molecule has 0 radical (unpaired) electrons. The fraction of sp³-hybridized carbons (Fsp3) is 0.250. The molecule has 1 heterocycles. The summed E-state index contributed by atoms with van der Waals surface area (Å²) in [4.78, 5) is 6.32. The minimum absolute atomic E-state index is 0.559. The molecule has 0 unspecified atom stereocenters. The monoisotopic (exact) mass is 204 g/mol. The summed E-state index contributed by atoms with van der Waals surface area (Å²) < 4.78 is 5.03. The highest BCUT2D eigenvalue weighted by molar-refractivity contribution is 5.61. The average molecular weight is 204 g/mol. The van der Waals surface area contributed by atoms with Crippen LogP contribution in [-0.4, -0.2) is 31.1 Å². The zero-order valence-electron chi connectivity index (χ0n) is 9.45. The number of hydrogen-bond acceptors (Lipinski definition) is 3. The quantitative estimate of drug-likeness (QED) is 0.703. The number of pyridine rings is 1. The fourth-order valence-electron chi connectivity index (χ4n) is 1.08. The maximum atomic E-state index is 5.03. The van der Waals surface area contributed by atoms with Gasteiger partial charge in [-0.2, -0.15) is 0 Å². The lowest BCUT2D eigenvalue weighted by molar-refractivity contribution is 0.369. The minimum Gasteiger partial charge on any atom is -0.495 e. The van der Waals surface area contributed by atoms with Crippen LogP contribution in [0, 0.1) is 0 Å². The molecular formula is C12H16N2O. The molecule has 0 aliphatic heterocycles. The molecule has 0 saturated carbocycles. The summed E-state index contributed by atoms with van der Waals surface area (Å²) in [6, 6.07) is 5.68. The standard InChI is InChI=1S/C12H16N2O/c1-9(14(3)4)11-7-6-8-12(13-11)10(2)15-5/h6-8H,1-2H2,3-5H3. The molecule has 0 atom stereocenters. The third kappa shape index (κ3) is 2.59. The van der Waals surface area contributed by atoms with Gasteiger partial charge in [0.05, 0.1) is 18.5 Å². The maximum absolute atomic E-state index is 5.03. The lowest BCUT2D eigenvalue weighted by atomic mass is 10.2. The third-order valence-electron chi connectivity index (χ3n) is 2.12. The summed E-state index contributed by atoms with van der Waals surface area (Å²) in [5.41, 5.74) is 2.43. The summed E-state index contributed by atoms with van der Waals surface area (Å²) in [5, 5.41) is 0. The van der Waals surface area contributed by atoms with Crippen LogP contribution in [0.15, 0.2) is 31.4 Å².